The summed E-state index contributed by atoms with van der Waals surface area (Å²) in [5, 5.41) is 14.0. The van der Waals surface area contributed by atoms with Gasteiger partial charge in [0.15, 0.2) is 0 Å². The van der Waals surface area contributed by atoms with Gasteiger partial charge >= 0.3 is 0 Å². The molecule has 1 aromatic rings. The molecule has 1 aliphatic heterocycles. The highest BCUT2D eigenvalue weighted by atomic mass is 16.2. The minimum Gasteiger partial charge on any atom is -0.349 e. The lowest BCUT2D eigenvalue weighted by atomic mass is 10.1. The second-order valence-electron chi connectivity index (χ2n) is 4.33. The highest BCUT2D eigenvalue weighted by Gasteiger charge is 2.19. The van der Waals surface area contributed by atoms with Crippen molar-refractivity contribution < 1.29 is 9.59 Å². The van der Waals surface area contributed by atoms with Gasteiger partial charge in [0.05, 0.1) is 18.9 Å². The standard InChI is InChI=1S/C13H13N3O2/c1-8(4-5-14)15-13(18)9-2-3-11-10(6-9)7-12(17)16-11/h2-3,6,8H,4,7H2,1H3,(H,15,18)(H,16,17). The number of benzene rings is 1. The van der Waals surface area contributed by atoms with Crippen LogP contribution in [0.25, 0.3) is 0 Å². The summed E-state index contributed by atoms with van der Waals surface area (Å²) in [5.41, 5.74) is 2.11. The van der Waals surface area contributed by atoms with Crippen LogP contribution in [0.3, 0.4) is 0 Å². The number of nitrogens with zero attached hydrogens (tertiary/aromatic N) is 1. The van der Waals surface area contributed by atoms with E-state index in [2.05, 4.69) is 10.6 Å². The number of nitrogens with one attached hydrogen (secondary N) is 2. The first-order valence-electron chi connectivity index (χ1n) is 5.70. The van der Waals surface area contributed by atoms with Crippen LogP contribution in [0.2, 0.25) is 0 Å². The van der Waals surface area contributed by atoms with Crippen molar-refractivity contribution in [2.75, 3.05) is 5.32 Å². The second-order valence-corrected chi connectivity index (χ2v) is 4.33. The fraction of sp³-hybridized carbons (Fsp3) is 0.308. The number of hydrogen-bond donors (Lipinski definition) is 2. The molecule has 0 aromatic heterocycles. The SMILES string of the molecule is CC(CC#N)NC(=O)c1ccc2c(c1)CC(=O)N2. The minimum atomic E-state index is -0.222. The summed E-state index contributed by atoms with van der Waals surface area (Å²) in [6.45, 7) is 1.78. The molecular weight excluding hydrogens is 230 g/mol. The Morgan fingerprint density at radius 1 is 1.61 bits per heavy atom. The summed E-state index contributed by atoms with van der Waals surface area (Å²) in [7, 11) is 0. The molecule has 18 heavy (non-hydrogen) atoms. The van der Waals surface area contributed by atoms with Gasteiger partial charge in [-0.2, -0.15) is 5.26 Å². The van der Waals surface area contributed by atoms with Crippen molar-refractivity contribution in [1.82, 2.24) is 5.32 Å². The van der Waals surface area contributed by atoms with Crippen molar-refractivity contribution in [1.29, 1.82) is 5.26 Å². The Balaban J connectivity index is 2.11. The fourth-order valence-electron chi connectivity index (χ4n) is 1.87. The van der Waals surface area contributed by atoms with Gasteiger partial charge in [0, 0.05) is 17.3 Å². The Morgan fingerprint density at radius 2 is 2.39 bits per heavy atom. The first kappa shape index (κ1) is 12.1. The smallest absolute Gasteiger partial charge is 0.251 e. The van der Waals surface area contributed by atoms with Crippen LogP contribution in [-0.2, 0) is 11.2 Å². The Morgan fingerprint density at radius 3 is 3.11 bits per heavy atom. The molecule has 1 heterocycles. The molecule has 0 spiro atoms. The number of carbonyl (C=O) groups is 2. The molecular formula is C13H13N3O2. The molecule has 0 bridgehead atoms. The topological polar surface area (TPSA) is 82.0 Å². The van der Waals surface area contributed by atoms with Crippen LogP contribution in [-0.4, -0.2) is 17.9 Å². The maximum absolute atomic E-state index is 11.9. The monoisotopic (exact) mass is 243 g/mol. The van der Waals surface area contributed by atoms with Crippen LogP contribution < -0.4 is 10.6 Å². The molecule has 2 rings (SSSR count). The van der Waals surface area contributed by atoms with Crippen molar-refractivity contribution in [2.45, 2.75) is 25.8 Å². The van der Waals surface area contributed by atoms with E-state index >= 15 is 0 Å². The molecule has 0 aliphatic carbocycles. The summed E-state index contributed by atoms with van der Waals surface area (Å²) in [6, 6.07) is 6.92. The van der Waals surface area contributed by atoms with Gasteiger partial charge in [-0.25, -0.2) is 0 Å². The van der Waals surface area contributed by atoms with E-state index in [9.17, 15) is 9.59 Å². The number of fused-ring (bicyclic) bond motifs is 1. The largest absolute Gasteiger partial charge is 0.349 e. The maximum Gasteiger partial charge on any atom is 0.251 e. The summed E-state index contributed by atoms with van der Waals surface area (Å²) >= 11 is 0. The van der Waals surface area contributed by atoms with Gasteiger partial charge in [-0.3, -0.25) is 9.59 Å². The zero-order valence-electron chi connectivity index (χ0n) is 9.99. The van der Waals surface area contributed by atoms with Gasteiger partial charge in [0.1, 0.15) is 0 Å². The predicted molar refractivity (Wildman–Crippen MR) is 65.9 cm³/mol. The number of nitriles is 1. The third-order valence-electron chi connectivity index (χ3n) is 2.77. The molecule has 2 amide bonds. The van der Waals surface area contributed by atoms with Crippen LogP contribution in [0.5, 0.6) is 0 Å². The molecule has 1 unspecified atom stereocenters. The molecule has 92 valence electrons. The molecule has 5 heteroatoms. The number of carbonyl (C=O) groups excluding carboxylic acids is 2. The molecule has 0 radical (unpaired) electrons. The molecule has 0 saturated heterocycles. The third kappa shape index (κ3) is 2.48. The van der Waals surface area contributed by atoms with Gasteiger partial charge in [-0.1, -0.05) is 0 Å². The van der Waals surface area contributed by atoms with Gasteiger partial charge in [0.25, 0.3) is 5.91 Å². The van der Waals surface area contributed by atoms with Crippen LogP contribution in [0.1, 0.15) is 29.3 Å². The summed E-state index contributed by atoms with van der Waals surface area (Å²) in [6.07, 6.45) is 0.584. The predicted octanol–water partition coefficient (Wildman–Crippen LogP) is 1.21. The molecule has 1 aromatic carbocycles. The van der Waals surface area contributed by atoms with E-state index in [4.69, 9.17) is 5.26 Å². The quantitative estimate of drug-likeness (QED) is 0.837. The Hall–Kier alpha value is -2.35. The van der Waals surface area contributed by atoms with Crippen LogP contribution >= 0.6 is 0 Å². The zero-order valence-corrected chi connectivity index (χ0v) is 9.99. The average Bonchev–Trinajstić information content (AvgIpc) is 2.68. The van der Waals surface area contributed by atoms with Crippen LogP contribution in [0, 0.1) is 11.3 Å². The normalized spacial score (nSPS) is 14.3. The Kier molecular flexibility index (Phi) is 3.28. The number of amides is 2. The minimum absolute atomic E-state index is 0.0552. The first-order valence-corrected chi connectivity index (χ1v) is 5.70. The summed E-state index contributed by atoms with van der Waals surface area (Å²) < 4.78 is 0. The van der Waals surface area contributed by atoms with E-state index in [0.29, 0.717) is 12.0 Å². The molecule has 1 aliphatic rings. The van der Waals surface area contributed by atoms with Crippen molar-refractivity contribution in [3.63, 3.8) is 0 Å². The first-order chi connectivity index (χ1) is 8.60. The molecule has 0 fully saturated rings. The highest BCUT2D eigenvalue weighted by Crippen LogP contribution is 2.23. The lowest BCUT2D eigenvalue weighted by molar-refractivity contribution is -0.115. The summed E-state index contributed by atoms with van der Waals surface area (Å²) in [5.74, 6) is -0.277. The van der Waals surface area contributed by atoms with Crippen molar-refractivity contribution >= 4 is 17.5 Å². The highest BCUT2D eigenvalue weighted by molar-refractivity contribution is 6.01. The lowest BCUT2D eigenvalue weighted by Gasteiger charge is -2.10. The van der Waals surface area contributed by atoms with E-state index < -0.39 is 0 Å². The third-order valence-corrected chi connectivity index (χ3v) is 2.77. The van der Waals surface area contributed by atoms with Crippen LogP contribution in [0.4, 0.5) is 5.69 Å². The van der Waals surface area contributed by atoms with Crippen LogP contribution in [0.15, 0.2) is 18.2 Å². The van der Waals surface area contributed by atoms with E-state index in [1.54, 1.807) is 25.1 Å². The molecule has 2 N–H and O–H groups in total. The second kappa shape index (κ2) is 4.88. The van der Waals surface area contributed by atoms with Crippen molar-refractivity contribution in [3.8, 4) is 6.07 Å². The van der Waals surface area contributed by atoms with Crippen molar-refractivity contribution in [2.24, 2.45) is 0 Å². The van der Waals surface area contributed by atoms with E-state index in [0.717, 1.165) is 11.3 Å². The zero-order chi connectivity index (χ0) is 13.1. The molecule has 5 nitrogen and oxygen atoms in total. The van der Waals surface area contributed by atoms with E-state index in [1.807, 2.05) is 6.07 Å². The molecule has 0 saturated carbocycles. The Bertz CT molecular complexity index is 546. The number of rotatable bonds is 3. The Labute approximate surface area is 105 Å². The van der Waals surface area contributed by atoms with E-state index in [1.165, 1.54) is 0 Å². The maximum atomic E-state index is 11.9. The number of anilines is 1. The van der Waals surface area contributed by atoms with Gasteiger partial charge in [-0.15, -0.1) is 0 Å². The van der Waals surface area contributed by atoms with E-state index in [-0.39, 0.29) is 24.3 Å². The average molecular weight is 243 g/mol. The van der Waals surface area contributed by atoms with Gasteiger partial charge < -0.3 is 10.6 Å². The number of hydrogen-bond acceptors (Lipinski definition) is 3. The van der Waals surface area contributed by atoms with Gasteiger partial charge in [-0.05, 0) is 30.7 Å². The van der Waals surface area contributed by atoms with Gasteiger partial charge in [0.2, 0.25) is 5.91 Å². The van der Waals surface area contributed by atoms with Crippen molar-refractivity contribution in [3.05, 3.63) is 29.3 Å². The summed E-state index contributed by atoms with van der Waals surface area (Å²) in [4.78, 5) is 23.1. The lowest BCUT2D eigenvalue weighted by Crippen LogP contribution is -2.32. The fourth-order valence-corrected chi connectivity index (χ4v) is 1.87. The molecule has 1 atom stereocenters.